The molecule has 2 aliphatic heterocycles. The Balaban J connectivity index is 0.967. The standard InChI is InChI=1S/C28H36N4O3/c33-27(32-18-23-9-8-22(28(34)30-35)15-24(23)19-32)7-4-12-31-13-10-20(11-14-31)17-29-26-16-25(26)21-5-2-1-3-6-21/h1-3,5-6,8-9,15,20,25-26,29,35H,4,7,10-14,16-19H2,(H,30,34). The molecule has 0 radical (unpaired) electrons. The van der Waals surface area contributed by atoms with Gasteiger partial charge in [0.05, 0.1) is 0 Å². The number of likely N-dealkylation sites (tertiary alicyclic amines) is 1. The number of carbonyl (C=O) groups excluding carboxylic acids is 2. The number of carbonyl (C=O) groups is 2. The highest BCUT2D eigenvalue weighted by Crippen LogP contribution is 2.40. The number of nitrogens with zero attached hydrogens (tertiary/aromatic N) is 2. The third kappa shape index (κ3) is 5.92. The lowest BCUT2D eigenvalue weighted by molar-refractivity contribution is -0.132. The molecule has 0 bridgehead atoms. The minimum Gasteiger partial charge on any atom is -0.334 e. The fourth-order valence-corrected chi connectivity index (χ4v) is 5.61. The lowest BCUT2D eigenvalue weighted by Crippen LogP contribution is -2.38. The maximum Gasteiger partial charge on any atom is 0.274 e. The molecule has 186 valence electrons. The molecule has 2 amide bonds. The zero-order valence-electron chi connectivity index (χ0n) is 20.3. The summed E-state index contributed by atoms with van der Waals surface area (Å²) in [5.41, 5.74) is 5.59. The van der Waals surface area contributed by atoms with Crippen LogP contribution in [0.2, 0.25) is 0 Å². The molecule has 2 aromatic carbocycles. The van der Waals surface area contributed by atoms with E-state index in [9.17, 15) is 9.59 Å². The number of hydroxylamine groups is 1. The van der Waals surface area contributed by atoms with Gasteiger partial charge in [-0.15, -0.1) is 0 Å². The normalized spacial score (nSPS) is 22.1. The van der Waals surface area contributed by atoms with Gasteiger partial charge in [0.15, 0.2) is 0 Å². The number of fused-ring (bicyclic) bond motifs is 1. The van der Waals surface area contributed by atoms with Crippen LogP contribution >= 0.6 is 0 Å². The van der Waals surface area contributed by atoms with E-state index in [-0.39, 0.29) is 5.91 Å². The molecule has 7 heteroatoms. The summed E-state index contributed by atoms with van der Waals surface area (Å²) in [6, 6.07) is 16.8. The fraction of sp³-hybridized carbons (Fsp3) is 0.500. The molecule has 2 unspecified atom stereocenters. The molecule has 3 aliphatic rings. The monoisotopic (exact) mass is 476 g/mol. The molecule has 2 atom stereocenters. The summed E-state index contributed by atoms with van der Waals surface area (Å²) >= 11 is 0. The predicted molar refractivity (Wildman–Crippen MR) is 134 cm³/mol. The minimum absolute atomic E-state index is 0.172. The summed E-state index contributed by atoms with van der Waals surface area (Å²) in [6.07, 6.45) is 5.16. The number of hydrogen-bond donors (Lipinski definition) is 3. The van der Waals surface area contributed by atoms with Gasteiger partial charge in [-0.25, -0.2) is 5.48 Å². The van der Waals surface area contributed by atoms with Crippen molar-refractivity contribution >= 4 is 11.8 Å². The van der Waals surface area contributed by atoms with Crippen LogP contribution in [-0.2, 0) is 17.9 Å². The highest BCUT2D eigenvalue weighted by Gasteiger charge is 2.38. The van der Waals surface area contributed by atoms with Crippen molar-refractivity contribution in [3.05, 3.63) is 70.8 Å². The average molecular weight is 477 g/mol. The second kappa shape index (κ2) is 10.9. The van der Waals surface area contributed by atoms with Crippen molar-refractivity contribution in [1.29, 1.82) is 0 Å². The maximum atomic E-state index is 12.7. The Morgan fingerprint density at radius 3 is 2.54 bits per heavy atom. The molecule has 3 N–H and O–H groups in total. The molecule has 1 saturated heterocycles. The smallest absolute Gasteiger partial charge is 0.274 e. The van der Waals surface area contributed by atoms with Crippen LogP contribution in [0.4, 0.5) is 0 Å². The highest BCUT2D eigenvalue weighted by atomic mass is 16.5. The number of nitrogens with one attached hydrogen (secondary N) is 2. The number of rotatable bonds is 9. The summed E-state index contributed by atoms with van der Waals surface area (Å²) in [5.74, 6) is 1.09. The number of hydrogen-bond acceptors (Lipinski definition) is 5. The van der Waals surface area contributed by atoms with E-state index in [0.717, 1.165) is 49.6 Å². The molecule has 0 aromatic heterocycles. The first-order chi connectivity index (χ1) is 17.1. The zero-order chi connectivity index (χ0) is 24.2. The fourth-order valence-electron chi connectivity index (χ4n) is 5.61. The molecule has 0 spiro atoms. The SMILES string of the molecule is O=C(NO)c1ccc2c(c1)CN(C(=O)CCCN1CCC(CNC3CC3c3ccccc3)CC1)C2. The molecule has 7 nitrogen and oxygen atoms in total. The van der Waals surface area contributed by atoms with Crippen molar-refractivity contribution in [2.24, 2.45) is 5.92 Å². The van der Waals surface area contributed by atoms with Crippen LogP contribution in [0.15, 0.2) is 48.5 Å². The maximum absolute atomic E-state index is 12.7. The number of piperidine rings is 1. The molecule has 1 saturated carbocycles. The molecule has 2 aromatic rings. The van der Waals surface area contributed by atoms with Crippen molar-refractivity contribution in [3.63, 3.8) is 0 Å². The summed E-state index contributed by atoms with van der Waals surface area (Å²) in [7, 11) is 0. The molecule has 2 fully saturated rings. The first-order valence-electron chi connectivity index (χ1n) is 13.0. The lowest BCUT2D eigenvalue weighted by Gasteiger charge is -2.32. The largest absolute Gasteiger partial charge is 0.334 e. The van der Waals surface area contributed by atoms with E-state index < -0.39 is 5.91 Å². The topological polar surface area (TPSA) is 84.9 Å². The van der Waals surface area contributed by atoms with E-state index in [2.05, 4.69) is 40.5 Å². The third-order valence-corrected chi connectivity index (χ3v) is 7.90. The summed E-state index contributed by atoms with van der Waals surface area (Å²) in [6.45, 7) is 5.48. The van der Waals surface area contributed by atoms with Gasteiger partial charge in [-0.3, -0.25) is 14.8 Å². The van der Waals surface area contributed by atoms with Gasteiger partial charge in [0.1, 0.15) is 0 Å². The van der Waals surface area contributed by atoms with Crippen molar-refractivity contribution in [1.82, 2.24) is 20.6 Å². The van der Waals surface area contributed by atoms with Crippen LogP contribution in [0.1, 0.15) is 65.1 Å². The summed E-state index contributed by atoms with van der Waals surface area (Å²) < 4.78 is 0. The van der Waals surface area contributed by atoms with Crippen molar-refractivity contribution in [3.8, 4) is 0 Å². The quantitative estimate of drug-likeness (QED) is 0.382. The van der Waals surface area contributed by atoms with Gasteiger partial charge in [-0.05, 0) is 86.6 Å². The Morgan fingerprint density at radius 2 is 1.77 bits per heavy atom. The van der Waals surface area contributed by atoms with Gasteiger partial charge in [0, 0.05) is 37.0 Å². The molecular formula is C28H36N4O3. The first-order valence-corrected chi connectivity index (χ1v) is 13.0. The van der Waals surface area contributed by atoms with Crippen LogP contribution in [0.5, 0.6) is 0 Å². The Labute approximate surface area is 207 Å². The second-order valence-corrected chi connectivity index (χ2v) is 10.3. The van der Waals surface area contributed by atoms with E-state index in [1.54, 1.807) is 17.6 Å². The summed E-state index contributed by atoms with van der Waals surface area (Å²) in [5, 5.41) is 12.6. The number of amides is 2. The molecule has 1 aliphatic carbocycles. The van der Waals surface area contributed by atoms with Gasteiger partial charge in [-0.2, -0.15) is 0 Å². The Morgan fingerprint density at radius 1 is 1.00 bits per heavy atom. The molecular weight excluding hydrogens is 440 g/mol. The van der Waals surface area contributed by atoms with Crippen molar-refractivity contribution in [2.45, 2.75) is 57.2 Å². The minimum atomic E-state index is -0.527. The predicted octanol–water partition coefficient (Wildman–Crippen LogP) is 3.29. The van der Waals surface area contributed by atoms with Crippen LogP contribution in [-0.4, -0.2) is 59.0 Å². The van der Waals surface area contributed by atoms with Crippen molar-refractivity contribution in [2.75, 3.05) is 26.2 Å². The zero-order valence-corrected chi connectivity index (χ0v) is 20.3. The van der Waals surface area contributed by atoms with E-state index in [1.165, 1.54) is 24.8 Å². The van der Waals surface area contributed by atoms with E-state index in [0.29, 0.717) is 37.0 Å². The highest BCUT2D eigenvalue weighted by molar-refractivity contribution is 5.93. The van der Waals surface area contributed by atoms with Crippen LogP contribution < -0.4 is 10.8 Å². The van der Waals surface area contributed by atoms with Gasteiger partial charge in [-0.1, -0.05) is 36.4 Å². The Hall–Kier alpha value is -2.74. The molecule has 5 rings (SSSR count). The van der Waals surface area contributed by atoms with Gasteiger partial charge in [0.25, 0.3) is 5.91 Å². The van der Waals surface area contributed by atoms with Crippen molar-refractivity contribution < 1.29 is 14.8 Å². The van der Waals surface area contributed by atoms with Crippen LogP contribution in [0, 0.1) is 5.92 Å². The van der Waals surface area contributed by atoms with Gasteiger partial charge >= 0.3 is 0 Å². The summed E-state index contributed by atoms with van der Waals surface area (Å²) in [4.78, 5) is 28.7. The van der Waals surface area contributed by atoms with E-state index in [1.807, 2.05) is 11.0 Å². The second-order valence-electron chi connectivity index (χ2n) is 10.3. The van der Waals surface area contributed by atoms with Gasteiger partial charge in [0.2, 0.25) is 5.91 Å². The molecule has 35 heavy (non-hydrogen) atoms. The lowest BCUT2D eigenvalue weighted by atomic mass is 9.96. The number of benzene rings is 2. The Kier molecular flexibility index (Phi) is 7.46. The molecule has 2 heterocycles. The van der Waals surface area contributed by atoms with Gasteiger partial charge < -0.3 is 15.1 Å². The van der Waals surface area contributed by atoms with Crippen LogP contribution in [0.3, 0.4) is 0 Å². The average Bonchev–Trinajstić information content (AvgIpc) is 3.56. The van der Waals surface area contributed by atoms with E-state index in [4.69, 9.17) is 5.21 Å². The Bertz CT molecular complexity index is 1040. The first kappa shape index (κ1) is 24.0. The third-order valence-electron chi connectivity index (χ3n) is 7.90. The van der Waals surface area contributed by atoms with E-state index >= 15 is 0 Å². The van der Waals surface area contributed by atoms with Crippen LogP contribution in [0.25, 0.3) is 0 Å².